The first-order valence-corrected chi connectivity index (χ1v) is 4.82. The Morgan fingerprint density at radius 3 is 2.50 bits per heavy atom. The van der Waals surface area contributed by atoms with E-state index < -0.39 is 0 Å². The van der Waals surface area contributed by atoms with Crippen LogP contribution in [0.25, 0.3) is 0 Å². The molecule has 0 aromatic carbocycles. The first-order valence-electron chi connectivity index (χ1n) is 4.82. The Morgan fingerprint density at radius 2 is 2.00 bits per heavy atom. The Balaban J connectivity index is 2.13. The molecule has 0 aliphatic heterocycles. The van der Waals surface area contributed by atoms with Crippen LogP contribution in [-0.2, 0) is 0 Å². The van der Waals surface area contributed by atoms with E-state index in [2.05, 4.69) is 18.8 Å². The smallest absolute Gasteiger partial charge is 0.0161 e. The van der Waals surface area contributed by atoms with Crippen molar-refractivity contribution >= 4 is 0 Å². The molecule has 1 aliphatic carbocycles. The second-order valence-corrected chi connectivity index (χ2v) is 3.95. The van der Waals surface area contributed by atoms with E-state index in [1.54, 1.807) is 0 Å². The number of hydrogen-bond acceptors (Lipinski definition) is 2. The maximum absolute atomic E-state index is 5.81. The van der Waals surface area contributed by atoms with Crippen LogP contribution in [0.1, 0.15) is 32.6 Å². The number of nitrogens with one attached hydrogen (secondary N) is 1. The highest BCUT2D eigenvalue weighted by atomic mass is 14.9. The second-order valence-electron chi connectivity index (χ2n) is 3.95. The fourth-order valence-corrected chi connectivity index (χ4v) is 1.64. The molecular weight excluding hydrogens is 148 g/mol. The topological polar surface area (TPSA) is 38.0 Å². The molecule has 0 saturated heterocycles. The molecule has 1 rings (SSSR count). The fraction of sp³-hybridized carbons (Fsp3) is 0.800. The maximum atomic E-state index is 5.81. The molecule has 2 heteroatoms. The Labute approximate surface area is 75.2 Å². The highest BCUT2D eigenvalue weighted by Crippen LogP contribution is 2.16. The molecule has 0 bridgehead atoms. The third-order valence-electron chi connectivity index (χ3n) is 2.46. The van der Waals surface area contributed by atoms with Crippen LogP contribution in [0.4, 0.5) is 0 Å². The van der Waals surface area contributed by atoms with Crippen LogP contribution in [-0.4, -0.2) is 18.6 Å². The molecule has 3 N–H and O–H groups in total. The zero-order valence-electron chi connectivity index (χ0n) is 7.97. The van der Waals surface area contributed by atoms with Crippen LogP contribution in [0, 0.1) is 0 Å². The van der Waals surface area contributed by atoms with E-state index in [4.69, 9.17) is 5.73 Å². The average molecular weight is 168 g/mol. The molecule has 70 valence electrons. The molecule has 12 heavy (non-hydrogen) atoms. The first kappa shape index (κ1) is 9.75. The van der Waals surface area contributed by atoms with Gasteiger partial charge in [0.1, 0.15) is 0 Å². The van der Waals surface area contributed by atoms with Gasteiger partial charge in [-0.1, -0.05) is 12.2 Å². The lowest BCUT2D eigenvalue weighted by Crippen LogP contribution is -2.37. The Hall–Kier alpha value is -0.340. The van der Waals surface area contributed by atoms with Gasteiger partial charge in [0.25, 0.3) is 0 Å². The van der Waals surface area contributed by atoms with Crippen molar-refractivity contribution in [1.82, 2.24) is 5.32 Å². The van der Waals surface area contributed by atoms with Crippen LogP contribution in [0.15, 0.2) is 12.2 Å². The number of rotatable bonds is 3. The van der Waals surface area contributed by atoms with Crippen LogP contribution in [0.5, 0.6) is 0 Å². The normalized spacial score (nSPS) is 30.2. The van der Waals surface area contributed by atoms with Crippen LogP contribution < -0.4 is 11.1 Å². The molecule has 0 unspecified atom stereocenters. The standard InChI is InChI=1S/C10H20N2/c1-8(2)7-12-10-5-3-9(11)4-6-10/h9-10,12H,1,3-7,11H2,2H3. The summed E-state index contributed by atoms with van der Waals surface area (Å²) in [6.45, 7) is 6.88. The van der Waals surface area contributed by atoms with Crippen molar-refractivity contribution in [2.75, 3.05) is 6.54 Å². The van der Waals surface area contributed by atoms with E-state index >= 15 is 0 Å². The zero-order chi connectivity index (χ0) is 8.97. The van der Waals surface area contributed by atoms with Crippen molar-refractivity contribution < 1.29 is 0 Å². The molecule has 1 fully saturated rings. The van der Waals surface area contributed by atoms with Crippen LogP contribution in [0.2, 0.25) is 0 Å². The van der Waals surface area contributed by atoms with Gasteiger partial charge < -0.3 is 11.1 Å². The summed E-state index contributed by atoms with van der Waals surface area (Å²) >= 11 is 0. The van der Waals surface area contributed by atoms with Crippen LogP contribution >= 0.6 is 0 Å². The van der Waals surface area contributed by atoms with Crippen molar-refractivity contribution in [3.05, 3.63) is 12.2 Å². The molecule has 2 nitrogen and oxygen atoms in total. The van der Waals surface area contributed by atoms with E-state index in [1.807, 2.05) is 0 Å². The van der Waals surface area contributed by atoms with Gasteiger partial charge in [0.2, 0.25) is 0 Å². The highest BCUT2D eigenvalue weighted by molar-refractivity contribution is 4.92. The maximum Gasteiger partial charge on any atom is 0.0161 e. The monoisotopic (exact) mass is 168 g/mol. The second kappa shape index (κ2) is 4.63. The molecule has 1 aliphatic rings. The average Bonchev–Trinajstić information content (AvgIpc) is 2.03. The predicted molar refractivity (Wildman–Crippen MR) is 53.0 cm³/mol. The van der Waals surface area contributed by atoms with E-state index in [-0.39, 0.29) is 0 Å². The molecular formula is C10H20N2. The first-order chi connectivity index (χ1) is 5.68. The summed E-state index contributed by atoms with van der Waals surface area (Å²) in [5.74, 6) is 0. The van der Waals surface area contributed by atoms with Gasteiger partial charge in [-0.2, -0.15) is 0 Å². The number of nitrogens with two attached hydrogens (primary N) is 1. The Kier molecular flexibility index (Phi) is 3.76. The molecule has 0 atom stereocenters. The van der Waals surface area contributed by atoms with Gasteiger partial charge in [0.05, 0.1) is 0 Å². The van der Waals surface area contributed by atoms with E-state index in [0.717, 1.165) is 6.54 Å². The van der Waals surface area contributed by atoms with Crippen molar-refractivity contribution in [3.8, 4) is 0 Å². The molecule has 0 heterocycles. The van der Waals surface area contributed by atoms with Gasteiger partial charge in [-0.3, -0.25) is 0 Å². The molecule has 1 saturated carbocycles. The fourth-order valence-electron chi connectivity index (χ4n) is 1.64. The summed E-state index contributed by atoms with van der Waals surface area (Å²) in [4.78, 5) is 0. The largest absolute Gasteiger partial charge is 0.328 e. The molecule has 0 radical (unpaired) electrons. The minimum Gasteiger partial charge on any atom is -0.328 e. The molecule has 0 spiro atoms. The van der Waals surface area contributed by atoms with Gasteiger partial charge in [-0.25, -0.2) is 0 Å². The van der Waals surface area contributed by atoms with E-state index in [1.165, 1.54) is 31.3 Å². The van der Waals surface area contributed by atoms with Crippen molar-refractivity contribution in [3.63, 3.8) is 0 Å². The molecule has 0 aromatic rings. The molecule has 0 amide bonds. The van der Waals surface area contributed by atoms with Crippen molar-refractivity contribution in [2.45, 2.75) is 44.7 Å². The zero-order valence-corrected chi connectivity index (χ0v) is 7.97. The lowest BCUT2D eigenvalue weighted by atomic mass is 9.92. The van der Waals surface area contributed by atoms with Crippen LogP contribution in [0.3, 0.4) is 0 Å². The van der Waals surface area contributed by atoms with Crippen molar-refractivity contribution in [2.24, 2.45) is 5.73 Å². The molecule has 0 aromatic heterocycles. The minimum absolute atomic E-state index is 0.452. The van der Waals surface area contributed by atoms with E-state index in [0.29, 0.717) is 12.1 Å². The van der Waals surface area contributed by atoms with Gasteiger partial charge in [-0.05, 0) is 32.6 Å². The van der Waals surface area contributed by atoms with Gasteiger partial charge in [0, 0.05) is 18.6 Å². The third-order valence-corrected chi connectivity index (χ3v) is 2.46. The van der Waals surface area contributed by atoms with Gasteiger partial charge in [0.15, 0.2) is 0 Å². The Bertz CT molecular complexity index is 146. The summed E-state index contributed by atoms with van der Waals surface area (Å²) in [6, 6.07) is 1.13. The van der Waals surface area contributed by atoms with Gasteiger partial charge >= 0.3 is 0 Å². The summed E-state index contributed by atoms with van der Waals surface area (Å²) < 4.78 is 0. The Morgan fingerprint density at radius 1 is 1.42 bits per heavy atom. The quantitative estimate of drug-likeness (QED) is 0.625. The minimum atomic E-state index is 0.452. The lowest BCUT2D eigenvalue weighted by molar-refractivity contribution is 0.350. The highest BCUT2D eigenvalue weighted by Gasteiger charge is 2.17. The van der Waals surface area contributed by atoms with Crippen molar-refractivity contribution in [1.29, 1.82) is 0 Å². The lowest BCUT2D eigenvalue weighted by Gasteiger charge is -2.26. The number of hydrogen-bond donors (Lipinski definition) is 2. The summed E-state index contributed by atoms with van der Waals surface area (Å²) in [5.41, 5.74) is 7.02. The summed E-state index contributed by atoms with van der Waals surface area (Å²) in [5, 5.41) is 3.49. The SMILES string of the molecule is C=C(C)CNC1CCC(N)CC1. The summed E-state index contributed by atoms with van der Waals surface area (Å²) in [7, 11) is 0. The van der Waals surface area contributed by atoms with Gasteiger partial charge in [-0.15, -0.1) is 0 Å². The van der Waals surface area contributed by atoms with E-state index in [9.17, 15) is 0 Å². The summed E-state index contributed by atoms with van der Waals surface area (Å²) in [6.07, 6.45) is 4.81. The third kappa shape index (κ3) is 3.37. The predicted octanol–water partition coefficient (Wildman–Crippen LogP) is 1.42.